The van der Waals surface area contributed by atoms with Gasteiger partial charge in [-0.05, 0) is 12.5 Å². The number of nitrogens with one attached hydrogen (secondary N) is 4. The van der Waals surface area contributed by atoms with E-state index in [4.69, 9.17) is 0 Å². The van der Waals surface area contributed by atoms with Crippen molar-refractivity contribution in [1.29, 1.82) is 0 Å². The van der Waals surface area contributed by atoms with Gasteiger partial charge in [0.2, 0.25) is 0 Å². The van der Waals surface area contributed by atoms with Gasteiger partial charge in [0.25, 0.3) is 5.56 Å². The van der Waals surface area contributed by atoms with E-state index in [-0.39, 0.29) is 23.1 Å². The third kappa shape index (κ3) is 2.19. The molecule has 0 aromatic carbocycles. The lowest BCUT2D eigenvalue weighted by molar-refractivity contribution is 0.0502. The molecule has 0 bridgehead atoms. The molecule has 1 fully saturated rings. The standard InChI is InChI=1S/C16H21N5O2/c1-16(2)9-4-3-8(7-11(9)19-15(16)23)18-13-12-10(20-21-13)5-6-17-14(12)22/h3-6,8-9,11,15,19,23H,7H2,1-2H3,(H,17,22)(H2,18,20,21). The lowest BCUT2D eigenvalue weighted by atomic mass is 9.74. The molecule has 2 aromatic heterocycles. The summed E-state index contributed by atoms with van der Waals surface area (Å²) in [5.74, 6) is 0.864. The molecule has 0 radical (unpaired) electrons. The van der Waals surface area contributed by atoms with Crippen molar-refractivity contribution >= 4 is 16.7 Å². The SMILES string of the molecule is CC1(C)C(O)NC2CC(Nc3n[nH]c4cc[nH]c(=O)c34)C=CC21. The van der Waals surface area contributed by atoms with Crippen LogP contribution in [0.25, 0.3) is 10.9 Å². The Morgan fingerprint density at radius 2 is 2.22 bits per heavy atom. The van der Waals surface area contributed by atoms with Gasteiger partial charge in [-0.25, -0.2) is 0 Å². The summed E-state index contributed by atoms with van der Waals surface area (Å²) >= 11 is 0. The quantitative estimate of drug-likeness (QED) is 0.530. The Hall–Kier alpha value is -2.12. The van der Waals surface area contributed by atoms with Gasteiger partial charge in [0, 0.05) is 29.6 Å². The third-order valence-electron chi connectivity index (χ3n) is 5.24. The normalized spacial score (nSPS) is 32.1. The molecule has 1 aliphatic carbocycles. The number of hydrogen-bond donors (Lipinski definition) is 5. The number of aliphatic hydroxyl groups is 1. The minimum Gasteiger partial charge on any atom is -0.378 e. The largest absolute Gasteiger partial charge is 0.378 e. The summed E-state index contributed by atoms with van der Waals surface area (Å²) in [5.41, 5.74) is 0.374. The number of anilines is 1. The van der Waals surface area contributed by atoms with E-state index in [0.717, 1.165) is 6.42 Å². The Kier molecular flexibility index (Phi) is 3.11. The minimum atomic E-state index is -0.505. The molecule has 7 heteroatoms. The van der Waals surface area contributed by atoms with Gasteiger partial charge in [-0.2, -0.15) is 5.10 Å². The number of aromatic amines is 2. The molecule has 0 saturated carbocycles. The first-order valence-electron chi connectivity index (χ1n) is 7.91. The maximum atomic E-state index is 12.0. The van der Waals surface area contributed by atoms with Crippen LogP contribution in [0.15, 0.2) is 29.2 Å². The van der Waals surface area contributed by atoms with Gasteiger partial charge >= 0.3 is 0 Å². The van der Waals surface area contributed by atoms with Crippen molar-refractivity contribution < 1.29 is 5.11 Å². The summed E-state index contributed by atoms with van der Waals surface area (Å²) in [6.45, 7) is 4.16. The summed E-state index contributed by atoms with van der Waals surface area (Å²) in [4.78, 5) is 14.7. The van der Waals surface area contributed by atoms with Gasteiger partial charge < -0.3 is 15.4 Å². The molecular weight excluding hydrogens is 294 g/mol. The van der Waals surface area contributed by atoms with Crippen molar-refractivity contribution in [3.05, 3.63) is 34.8 Å². The molecule has 0 spiro atoms. The molecule has 122 valence electrons. The summed E-state index contributed by atoms with van der Waals surface area (Å²) in [7, 11) is 0. The Morgan fingerprint density at radius 3 is 3.04 bits per heavy atom. The van der Waals surface area contributed by atoms with E-state index in [9.17, 15) is 9.90 Å². The highest BCUT2D eigenvalue weighted by molar-refractivity contribution is 5.88. The smallest absolute Gasteiger partial charge is 0.261 e. The van der Waals surface area contributed by atoms with Crippen molar-refractivity contribution in [3.63, 3.8) is 0 Å². The van der Waals surface area contributed by atoms with E-state index in [0.29, 0.717) is 22.6 Å². The Balaban J connectivity index is 1.59. The summed E-state index contributed by atoms with van der Waals surface area (Å²) in [6.07, 6.45) is 6.20. The number of rotatable bonds is 2. The van der Waals surface area contributed by atoms with Gasteiger partial charge in [-0.1, -0.05) is 26.0 Å². The highest BCUT2D eigenvalue weighted by Crippen LogP contribution is 2.42. The van der Waals surface area contributed by atoms with Crippen LogP contribution < -0.4 is 16.2 Å². The molecule has 4 unspecified atom stereocenters. The Labute approximate surface area is 133 Å². The fourth-order valence-electron chi connectivity index (χ4n) is 3.79. The fraction of sp³-hybridized carbons (Fsp3) is 0.500. The number of nitrogens with zero attached hydrogens (tertiary/aromatic N) is 1. The van der Waals surface area contributed by atoms with E-state index in [1.807, 2.05) is 0 Å². The van der Waals surface area contributed by atoms with Gasteiger partial charge in [0.05, 0.1) is 5.52 Å². The second-order valence-electron chi connectivity index (χ2n) is 7.06. The molecular formula is C16H21N5O2. The zero-order valence-corrected chi connectivity index (χ0v) is 13.1. The average Bonchev–Trinajstić information content (AvgIpc) is 3.00. The highest BCUT2D eigenvalue weighted by Gasteiger charge is 2.48. The number of aliphatic hydroxyl groups excluding tert-OH is 1. The van der Waals surface area contributed by atoms with Crippen LogP contribution in [0.5, 0.6) is 0 Å². The number of fused-ring (bicyclic) bond motifs is 2. The molecule has 2 aromatic rings. The number of H-pyrrole nitrogens is 2. The Bertz CT molecular complexity index is 821. The maximum Gasteiger partial charge on any atom is 0.261 e. The molecule has 1 aliphatic heterocycles. The van der Waals surface area contributed by atoms with Crippen LogP contribution in [-0.2, 0) is 0 Å². The minimum absolute atomic E-state index is 0.0657. The van der Waals surface area contributed by atoms with Crippen LogP contribution in [0.2, 0.25) is 0 Å². The van der Waals surface area contributed by atoms with E-state index in [2.05, 4.69) is 51.8 Å². The van der Waals surface area contributed by atoms with Gasteiger partial charge in [0.1, 0.15) is 11.6 Å². The second kappa shape index (κ2) is 4.94. The molecule has 2 aliphatic rings. The second-order valence-corrected chi connectivity index (χ2v) is 7.06. The van der Waals surface area contributed by atoms with Crippen LogP contribution >= 0.6 is 0 Å². The zero-order valence-electron chi connectivity index (χ0n) is 13.1. The van der Waals surface area contributed by atoms with Crippen LogP contribution in [0, 0.1) is 11.3 Å². The summed E-state index contributed by atoms with van der Waals surface area (Å²) < 4.78 is 0. The summed E-state index contributed by atoms with van der Waals surface area (Å²) in [6, 6.07) is 2.07. The van der Waals surface area contributed by atoms with Crippen LogP contribution in [0.3, 0.4) is 0 Å². The summed E-state index contributed by atoms with van der Waals surface area (Å²) in [5, 5.41) is 24.4. The first-order valence-corrected chi connectivity index (χ1v) is 7.91. The first kappa shape index (κ1) is 14.5. The van der Waals surface area contributed by atoms with E-state index in [1.54, 1.807) is 12.3 Å². The zero-order chi connectivity index (χ0) is 16.2. The predicted octanol–water partition coefficient (Wildman–Crippen LogP) is 0.924. The maximum absolute atomic E-state index is 12.0. The molecule has 4 atom stereocenters. The van der Waals surface area contributed by atoms with Crippen molar-refractivity contribution in [2.45, 2.75) is 38.6 Å². The average molecular weight is 315 g/mol. The topological polar surface area (TPSA) is 106 Å². The number of aromatic nitrogens is 3. The van der Waals surface area contributed by atoms with Crippen LogP contribution in [0.4, 0.5) is 5.82 Å². The molecule has 0 amide bonds. The predicted molar refractivity (Wildman–Crippen MR) is 88.1 cm³/mol. The van der Waals surface area contributed by atoms with Crippen molar-refractivity contribution in [3.8, 4) is 0 Å². The highest BCUT2D eigenvalue weighted by atomic mass is 16.3. The van der Waals surface area contributed by atoms with E-state index in [1.165, 1.54) is 0 Å². The van der Waals surface area contributed by atoms with Crippen molar-refractivity contribution in [2.75, 3.05) is 5.32 Å². The lowest BCUT2D eigenvalue weighted by Gasteiger charge is -2.32. The molecule has 7 nitrogen and oxygen atoms in total. The molecule has 5 N–H and O–H groups in total. The molecule has 1 saturated heterocycles. The molecule has 3 heterocycles. The van der Waals surface area contributed by atoms with Crippen molar-refractivity contribution in [2.24, 2.45) is 11.3 Å². The van der Waals surface area contributed by atoms with E-state index < -0.39 is 6.23 Å². The molecule has 4 rings (SSSR count). The fourth-order valence-corrected chi connectivity index (χ4v) is 3.79. The Morgan fingerprint density at radius 1 is 1.39 bits per heavy atom. The van der Waals surface area contributed by atoms with Crippen LogP contribution in [0.1, 0.15) is 20.3 Å². The lowest BCUT2D eigenvalue weighted by Crippen LogP contribution is -2.38. The van der Waals surface area contributed by atoms with Crippen LogP contribution in [-0.4, -0.2) is 38.6 Å². The monoisotopic (exact) mass is 315 g/mol. The number of hydrogen-bond acceptors (Lipinski definition) is 5. The number of pyridine rings is 1. The van der Waals surface area contributed by atoms with Gasteiger partial charge in [0.15, 0.2) is 5.82 Å². The molecule has 23 heavy (non-hydrogen) atoms. The van der Waals surface area contributed by atoms with E-state index >= 15 is 0 Å². The third-order valence-corrected chi connectivity index (χ3v) is 5.24. The van der Waals surface area contributed by atoms with Crippen molar-refractivity contribution in [1.82, 2.24) is 20.5 Å². The van der Waals surface area contributed by atoms with Gasteiger partial charge in [-0.3, -0.25) is 15.2 Å². The van der Waals surface area contributed by atoms with Gasteiger partial charge in [-0.15, -0.1) is 0 Å². The first-order chi connectivity index (χ1) is 11.0.